The summed E-state index contributed by atoms with van der Waals surface area (Å²) >= 11 is 0. The van der Waals surface area contributed by atoms with E-state index in [0.717, 1.165) is 44.6 Å². The Labute approximate surface area is 284 Å². The van der Waals surface area contributed by atoms with Gasteiger partial charge in [0.2, 0.25) is 0 Å². The molecule has 0 radical (unpaired) electrons. The third-order valence-corrected chi connectivity index (χ3v) is 9.06. The molecule has 4 nitrogen and oxygen atoms in total. The van der Waals surface area contributed by atoms with E-state index in [9.17, 15) is 0 Å². The van der Waals surface area contributed by atoms with Crippen LogP contribution in [-0.4, -0.2) is 19.5 Å². The van der Waals surface area contributed by atoms with E-state index in [1.54, 1.807) is 0 Å². The van der Waals surface area contributed by atoms with Crippen LogP contribution in [0.25, 0.3) is 83.9 Å². The number of fused-ring (bicyclic) bond motifs is 3. The number of hydrogen-bond donors (Lipinski definition) is 0. The zero-order chi connectivity index (χ0) is 32.6. The lowest BCUT2D eigenvalue weighted by atomic mass is 9.96. The van der Waals surface area contributed by atoms with Crippen LogP contribution in [0.5, 0.6) is 0 Å². The van der Waals surface area contributed by atoms with Gasteiger partial charge in [-0.25, -0.2) is 15.0 Å². The molecular formula is C45H30N4. The molecule has 9 rings (SSSR count). The quantitative estimate of drug-likeness (QED) is 0.184. The molecule has 0 aliphatic rings. The summed E-state index contributed by atoms with van der Waals surface area (Å²) in [6.45, 7) is 0. The normalized spacial score (nSPS) is 11.3. The van der Waals surface area contributed by atoms with Gasteiger partial charge >= 0.3 is 0 Å². The van der Waals surface area contributed by atoms with Crippen LogP contribution >= 0.6 is 0 Å². The molecule has 0 aliphatic heterocycles. The van der Waals surface area contributed by atoms with Crippen LogP contribution in [0.15, 0.2) is 182 Å². The van der Waals surface area contributed by atoms with Gasteiger partial charge in [0.15, 0.2) is 17.5 Å². The molecule has 0 atom stereocenters. The van der Waals surface area contributed by atoms with Crippen molar-refractivity contribution in [3.05, 3.63) is 182 Å². The average molecular weight is 627 g/mol. The Morgan fingerprint density at radius 3 is 1.31 bits per heavy atom. The fourth-order valence-corrected chi connectivity index (χ4v) is 6.72. The zero-order valence-electron chi connectivity index (χ0n) is 26.6. The van der Waals surface area contributed by atoms with Gasteiger partial charge in [-0.1, -0.05) is 152 Å². The maximum absolute atomic E-state index is 4.98. The SMILES string of the molecule is c1ccc(-c2nc(-c3ccccc3)nc(-c3cccc(-c4ccc(-n5c6ccccc6c6ccccc65)c(-c5ccccc5)c4)c3)n2)cc1. The first-order valence-corrected chi connectivity index (χ1v) is 16.5. The molecule has 2 heterocycles. The molecule has 2 aromatic heterocycles. The summed E-state index contributed by atoms with van der Waals surface area (Å²) in [4.78, 5) is 14.8. The Morgan fingerprint density at radius 2 is 0.735 bits per heavy atom. The van der Waals surface area contributed by atoms with Crippen LogP contribution < -0.4 is 0 Å². The maximum Gasteiger partial charge on any atom is 0.164 e. The predicted molar refractivity (Wildman–Crippen MR) is 201 cm³/mol. The van der Waals surface area contributed by atoms with Gasteiger partial charge in [-0.05, 0) is 47.0 Å². The minimum atomic E-state index is 0.639. The summed E-state index contributed by atoms with van der Waals surface area (Å²) in [6, 6.07) is 63.5. The summed E-state index contributed by atoms with van der Waals surface area (Å²) < 4.78 is 2.40. The van der Waals surface area contributed by atoms with Crippen molar-refractivity contribution >= 4 is 21.8 Å². The van der Waals surface area contributed by atoms with Gasteiger partial charge in [0.25, 0.3) is 0 Å². The largest absolute Gasteiger partial charge is 0.309 e. The number of hydrogen-bond acceptors (Lipinski definition) is 3. The third kappa shape index (κ3) is 5.26. The second-order valence-electron chi connectivity index (χ2n) is 12.1. The van der Waals surface area contributed by atoms with E-state index >= 15 is 0 Å². The molecule has 49 heavy (non-hydrogen) atoms. The fourth-order valence-electron chi connectivity index (χ4n) is 6.72. The van der Waals surface area contributed by atoms with Gasteiger partial charge in [-0.2, -0.15) is 0 Å². The molecule has 4 heteroatoms. The van der Waals surface area contributed by atoms with Gasteiger partial charge in [0.1, 0.15) is 0 Å². The van der Waals surface area contributed by atoms with Crippen LogP contribution in [0.2, 0.25) is 0 Å². The minimum Gasteiger partial charge on any atom is -0.309 e. The Balaban J connectivity index is 1.21. The van der Waals surface area contributed by atoms with Crippen molar-refractivity contribution in [1.82, 2.24) is 19.5 Å². The Morgan fingerprint density at radius 1 is 0.306 bits per heavy atom. The molecule has 0 saturated heterocycles. The monoisotopic (exact) mass is 626 g/mol. The maximum atomic E-state index is 4.98. The zero-order valence-corrected chi connectivity index (χ0v) is 26.6. The molecule has 230 valence electrons. The summed E-state index contributed by atoms with van der Waals surface area (Å²) in [5.74, 6) is 1.94. The standard InChI is InChI=1S/C45H30N4/c1-4-15-31(16-5-1)39-30-35(27-28-42(39)49-40-25-12-10-23-37(40)38-24-11-13-26-41(38)49)34-21-14-22-36(29-34)45-47-43(32-17-6-2-7-18-32)46-44(48-45)33-19-8-3-9-20-33/h1-30H. The van der Waals surface area contributed by atoms with Crippen LogP contribution in [-0.2, 0) is 0 Å². The van der Waals surface area contributed by atoms with Crippen molar-refractivity contribution in [1.29, 1.82) is 0 Å². The topological polar surface area (TPSA) is 43.6 Å². The fraction of sp³-hybridized carbons (Fsp3) is 0. The van der Waals surface area contributed by atoms with Crippen molar-refractivity contribution in [3.63, 3.8) is 0 Å². The van der Waals surface area contributed by atoms with Crippen LogP contribution in [0.1, 0.15) is 0 Å². The second-order valence-corrected chi connectivity index (χ2v) is 12.1. The molecule has 7 aromatic carbocycles. The van der Waals surface area contributed by atoms with Crippen molar-refractivity contribution in [3.8, 4) is 62.1 Å². The highest BCUT2D eigenvalue weighted by Crippen LogP contribution is 2.38. The molecule has 0 bridgehead atoms. The van der Waals surface area contributed by atoms with Gasteiger partial charge < -0.3 is 4.57 Å². The van der Waals surface area contributed by atoms with Crippen LogP contribution in [0, 0.1) is 0 Å². The number of para-hydroxylation sites is 2. The van der Waals surface area contributed by atoms with Crippen molar-refractivity contribution in [2.24, 2.45) is 0 Å². The Hall–Kier alpha value is -6.65. The first-order valence-electron chi connectivity index (χ1n) is 16.5. The lowest BCUT2D eigenvalue weighted by molar-refractivity contribution is 1.07. The second kappa shape index (κ2) is 12.2. The first-order chi connectivity index (χ1) is 24.3. The molecule has 0 amide bonds. The minimum absolute atomic E-state index is 0.639. The van der Waals surface area contributed by atoms with Crippen LogP contribution in [0.4, 0.5) is 0 Å². The first kappa shape index (κ1) is 28.6. The van der Waals surface area contributed by atoms with Crippen molar-refractivity contribution < 1.29 is 0 Å². The smallest absolute Gasteiger partial charge is 0.164 e. The highest BCUT2D eigenvalue weighted by atomic mass is 15.0. The van der Waals surface area contributed by atoms with E-state index in [1.165, 1.54) is 21.8 Å². The van der Waals surface area contributed by atoms with Gasteiger partial charge in [-0.15, -0.1) is 0 Å². The molecule has 0 N–H and O–H groups in total. The number of benzene rings is 7. The van der Waals surface area contributed by atoms with Gasteiger partial charge in [0, 0.05) is 33.0 Å². The molecule has 0 aliphatic carbocycles. The van der Waals surface area contributed by atoms with E-state index in [0.29, 0.717) is 17.5 Å². The highest BCUT2D eigenvalue weighted by Gasteiger charge is 2.17. The lowest BCUT2D eigenvalue weighted by Gasteiger charge is -2.16. The number of rotatable bonds is 6. The molecule has 9 aromatic rings. The summed E-state index contributed by atoms with van der Waals surface area (Å²) in [5, 5.41) is 2.49. The third-order valence-electron chi connectivity index (χ3n) is 9.06. The van der Waals surface area contributed by atoms with E-state index < -0.39 is 0 Å². The summed E-state index contributed by atoms with van der Waals surface area (Å²) in [7, 11) is 0. The average Bonchev–Trinajstić information content (AvgIpc) is 3.53. The molecular weight excluding hydrogens is 597 g/mol. The van der Waals surface area contributed by atoms with Crippen molar-refractivity contribution in [2.45, 2.75) is 0 Å². The van der Waals surface area contributed by atoms with E-state index in [-0.39, 0.29) is 0 Å². The molecule has 0 unspecified atom stereocenters. The molecule has 0 saturated carbocycles. The van der Waals surface area contributed by atoms with Crippen molar-refractivity contribution in [2.75, 3.05) is 0 Å². The Kier molecular flexibility index (Phi) is 7.10. The van der Waals surface area contributed by atoms with Crippen LogP contribution in [0.3, 0.4) is 0 Å². The van der Waals surface area contributed by atoms with Gasteiger partial charge in [0.05, 0.1) is 16.7 Å². The lowest BCUT2D eigenvalue weighted by Crippen LogP contribution is -2.00. The number of aromatic nitrogens is 4. The predicted octanol–water partition coefficient (Wildman–Crippen LogP) is 11.3. The van der Waals surface area contributed by atoms with Gasteiger partial charge in [-0.3, -0.25) is 0 Å². The number of nitrogens with zero attached hydrogens (tertiary/aromatic N) is 4. The Bertz CT molecular complexity index is 2480. The summed E-state index contributed by atoms with van der Waals surface area (Å²) in [5.41, 5.74) is 10.9. The summed E-state index contributed by atoms with van der Waals surface area (Å²) in [6.07, 6.45) is 0. The van der Waals surface area contributed by atoms with E-state index in [1.807, 2.05) is 60.7 Å². The van der Waals surface area contributed by atoms with E-state index in [2.05, 4.69) is 126 Å². The van der Waals surface area contributed by atoms with E-state index in [4.69, 9.17) is 15.0 Å². The molecule has 0 fully saturated rings. The molecule has 0 spiro atoms. The highest BCUT2D eigenvalue weighted by molar-refractivity contribution is 6.09.